The number of nitrogens with zero attached hydrogens (tertiary/aromatic N) is 3. The summed E-state index contributed by atoms with van der Waals surface area (Å²) in [5, 5.41) is 0. The lowest BCUT2D eigenvalue weighted by molar-refractivity contribution is -0.132. The minimum absolute atomic E-state index is 0.185. The number of imidazole rings is 1. The number of rotatable bonds is 6. The molecule has 0 bridgehead atoms. The van der Waals surface area contributed by atoms with Gasteiger partial charge < -0.3 is 9.47 Å². The highest BCUT2D eigenvalue weighted by atomic mass is 16.2. The molecule has 4 nitrogen and oxygen atoms in total. The van der Waals surface area contributed by atoms with Crippen molar-refractivity contribution < 1.29 is 4.79 Å². The molecule has 0 radical (unpaired) electrons. The van der Waals surface area contributed by atoms with Gasteiger partial charge in [0, 0.05) is 19.5 Å². The lowest BCUT2D eigenvalue weighted by Crippen LogP contribution is -2.38. The van der Waals surface area contributed by atoms with Crippen molar-refractivity contribution in [3.8, 4) is 0 Å². The maximum Gasteiger partial charge on any atom is 0.242 e. The van der Waals surface area contributed by atoms with Crippen molar-refractivity contribution in [3.05, 3.63) is 65.5 Å². The first-order valence-corrected chi connectivity index (χ1v) is 10.0. The topological polar surface area (TPSA) is 38.1 Å². The number of carbonyl (C=O) groups is 1. The number of benzene rings is 2. The Labute approximate surface area is 160 Å². The van der Waals surface area contributed by atoms with E-state index >= 15 is 0 Å². The molecule has 4 rings (SSSR count). The van der Waals surface area contributed by atoms with Crippen LogP contribution >= 0.6 is 0 Å². The summed E-state index contributed by atoms with van der Waals surface area (Å²) in [5.41, 5.74) is 4.70. The maximum absolute atomic E-state index is 13.1. The Morgan fingerprint density at radius 3 is 2.67 bits per heavy atom. The van der Waals surface area contributed by atoms with Crippen LogP contribution in [0.5, 0.6) is 0 Å². The van der Waals surface area contributed by atoms with Crippen LogP contribution in [0.1, 0.15) is 43.1 Å². The Morgan fingerprint density at radius 2 is 1.81 bits per heavy atom. The first kappa shape index (κ1) is 17.8. The van der Waals surface area contributed by atoms with Crippen LogP contribution in [0.4, 0.5) is 0 Å². The van der Waals surface area contributed by atoms with Crippen molar-refractivity contribution in [3.63, 3.8) is 0 Å². The van der Waals surface area contributed by atoms with E-state index in [0.29, 0.717) is 13.1 Å². The predicted octanol–water partition coefficient (Wildman–Crippen LogP) is 4.35. The number of para-hydroxylation sites is 2. The van der Waals surface area contributed by atoms with Gasteiger partial charge in [-0.2, -0.15) is 0 Å². The largest absolute Gasteiger partial charge is 0.336 e. The lowest BCUT2D eigenvalue weighted by atomic mass is 10.00. The molecule has 0 saturated heterocycles. The highest BCUT2D eigenvalue weighted by molar-refractivity contribution is 5.81. The number of carbonyl (C=O) groups excluding carboxylic acids is 1. The quantitative estimate of drug-likeness (QED) is 0.612. The first-order valence-electron chi connectivity index (χ1n) is 10.0. The molecular weight excluding hydrogens is 334 g/mol. The summed E-state index contributed by atoms with van der Waals surface area (Å²) in [4.78, 5) is 19.9. The molecule has 0 unspecified atom stereocenters. The fourth-order valence-corrected chi connectivity index (χ4v) is 3.97. The van der Waals surface area contributed by atoms with Crippen molar-refractivity contribution in [1.82, 2.24) is 14.5 Å². The second kappa shape index (κ2) is 7.95. The zero-order valence-electron chi connectivity index (χ0n) is 16.0. The molecule has 1 aromatic heterocycles. The zero-order chi connectivity index (χ0) is 18.6. The summed E-state index contributed by atoms with van der Waals surface area (Å²) in [6, 6.07) is 16.6. The molecule has 1 aliphatic heterocycles. The van der Waals surface area contributed by atoms with Gasteiger partial charge in [0.25, 0.3) is 0 Å². The van der Waals surface area contributed by atoms with Crippen LogP contribution in [0.2, 0.25) is 0 Å². The minimum atomic E-state index is 0.185. The number of aromatic nitrogens is 2. The van der Waals surface area contributed by atoms with Gasteiger partial charge in [0.1, 0.15) is 12.4 Å². The summed E-state index contributed by atoms with van der Waals surface area (Å²) in [6.07, 6.45) is 5.37. The van der Waals surface area contributed by atoms with Crippen LogP contribution in [-0.2, 0) is 30.7 Å². The summed E-state index contributed by atoms with van der Waals surface area (Å²) < 4.78 is 2.13. The van der Waals surface area contributed by atoms with E-state index in [1.54, 1.807) is 0 Å². The summed E-state index contributed by atoms with van der Waals surface area (Å²) in [5.74, 6) is 1.22. The number of unbranched alkanes of at least 4 members (excludes halogenated alkanes) is 2. The van der Waals surface area contributed by atoms with E-state index in [-0.39, 0.29) is 5.91 Å². The zero-order valence-corrected chi connectivity index (χ0v) is 16.0. The van der Waals surface area contributed by atoms with Gasteiger partial charge in [-0.25, -0.2) is 4.98 Å². The standard InChI is InChI=1S/C23H27N3O/c1-2-3-4-13-22-24-20-11-7-8-12-21(20)26(22)17-23(27)25-15-14-18-9-5-6-10-19(18)16-25/h5-12H,2-4,13-17H2,1H3. The van der Waals surface area contributed by atoms with E-state index in [2.05, 4.69) is 41.8 Å². The Kier molecular flexibility index (Phi) is 5.23. The summed E-state index contributed by atoms with van der Waals surface area (Å²) in [7, 11) is 0. The average molecular weight is 361 g/mol. The van der Waals surface area contributed by atoms with Gasteiger partial charge in [-0.3, -0.25) is 4.79 Å². The fourth-order valence-electron chi connectivity index (χ4n) is 3.97. The van der Waals surface area contributed by atoms with Crippen molar-refractivity contribution in [2.45, 2.75) is 52.1 Å². The molecule has 140 valence electrons. The number of aryl methyl sites for hydroxylation is 1. The van der Waals surface area contributed by atoms with Gasteiger partial charge in [0.2, 0.25) is 5.91 Å². The van der Waals surface area contributed by atoms with Crippen molar-refractivity contribution in [2.24, 2.45) is 0 Å². The number of hydrogen-bond donors (Lipinski definition) is 0. The normalized spacial score (nSPS) is 13.7. The Hall–Kier alpha value is -2.62. The summed E-state index contributed by atoms with van der Waals surface area (Å²) >= 11 is 0. The van der Waals surface area contributed by atoms with Crippen LogP contribution in [0.15, 0.2) is 48.5 Å². The highest BCUT2D eigenvalue weighted by Gasteiger charge is 2.22. The van der Waals surface area contributed by atoms with Gasteiger partial charge in [-0.05, 0) is 36.1 Å². The van der Waals surface area contributed by atoms with Crippen LogP contribution < -0.4 is 0 Å². The molecule has 0 fully saturated rings. The fraction of sp³-hybridized carbons (Fsp3) is 0.391. The lowest BCUT2D eigenvalue weighted by Gasteiger charge is -2.29. The van der Waals surface area contributed by atoms with E-state index < -0.39 is 0 Å². The van der Waals surface area contributed by atoms with Gasteiger partial charge >= 0.3 is 0 Å². The Balaban J connectivity index is 1.55. The van der Waals surface area contributed by atoms with Crippen molar-refractivity contribution >= 4 is 16.9 Å². The second-order valence-corrected chi connectivity index (χ2v) is 7.39. The number of fused-ring (bicyclic) bond motifs is 2. The average Bonchev–Trinajstić information content (AvgIpc) is 3.05. The Bertz CT molecular complexity index is 944. The predicted molar refractivity (Wildman–Crippen MR) is 109 cm³/mol. The van der Waals surface area contributed by atoms with Crippen molar-refractivity contribution in [1.29, 1.82) is 0 Å². The summed E-state index contributed by atoms with van der Waals surface area (Å²) in [6.45, 7) is 4.10. The SMILES string of the molecule is CCCCCc1nc2ccccc2n1CC(=O)N1CCc2ccccc2C1. The molecule has 2 heterocycles. The molecule has 1 aliphatic rings. The monoisotopic (exact) mass is 361 g/mol. The van der Waals surface area contributed by atoms with E-state index in [0.717, 1.165) is 42.7 Å². The minimum Gasteiger partial charge on any atom is -0.336 e. The van der Waals surface area contributed by atoms with Crippen molar-refractivity contribution in [2.75, 3.05) is 6.54 Å². The van der Waals surface area contributed by atoms with Crippen LogP contribution in [-0.4, -0.2) is 26.9 Å². The van der Waals surface area contributed by atoms with Gasteiger partial charge in [-0.1, -0.05) is 56.2 Å². The maximum atomic E-state index is 13.1. The molecule has 3 aromatic rings. The molecular formula is C23H27N3O. The van der Waals surface area contributed by atoms with Crippen LogP contribution in [0.25, 0.3) is 11.0 Å². The molecule has 1 amide bonds. The van der Waals surface area contributed by atoms with Gasteiger partial charge in [-0.15, -0.1) is 0 Å². The molecule has 27 heavy (non-hydrogen) atoms. The van der Waals surface area contributed by atoms with E-state index in [1.165, 1.54) is 24.0 Å². The highest BCUT2D eigenvalue weighted by Crippen LogP contribution is 2.21. The number of hydrogen-bond acceptors (Lipinski definition) is 2. The third-order valence-electron chi connectivity index (χ3n) is 5.51. The van der Waals surface area contributed by atoms with E-state index in [4.69, 9.17) is 4.98 Å². The second-order valence-electron chi connectivity index (χ2n) is 7.39. The van der Waals surface area contributed by atoms with Crippen LogP contribution in [0, 0.1) is 0 Å². The smallest absolute Gasteiger partial charge is 0.242 e. The third-order valence-corrected chi connectivity index (χ3v) is 5.51. The molecule has 0 N–H and O–H groups in total. The first-order chi connectivity index (χ1) is 13.3. The van der Waals surface area contributed by atoms with Gasteiger partial charge in [0.05, 0.1) is 11.0 Å². The molecule has 2 aromatic carbocycles. The molecule has 0 atom stereocenters. The molecule has 4 heteroatoms. The molecule has 0 spiro atoms. The van der Waals surface area contributed by atoms with Crippen LogP contribution in [0.3, 0.4) is 0 Å². The molecule has 0 saturated carbocycles. The number of amides is 1. The Morgan fingerprint density at radius 1 is 1.04 bits per heavy atom. The van der Waals surface area contributed by atoms with E-state index in [1.807, 2.05) is 23.1 Å². The van der Waals surface area contributed by atoms with Gasteiger partial charge in [0.15, 0.2) is 0 Å². The molecule has 0 aliphatic carbocycles. The third kappa shape index (κ3) is 3.75. The van der Waals surface area contributed by atoms with E-state index in [9.17, 15) is 4.79 Å².